The van der Waals surface area contributed by atoms with E-state index in [1.165, 1.54) is 5.56 Å². The van der Waals surface area contributed by atoms with Gasteiger partial charge in [-0.1, -0.05) is 35.0 Å². The van der Waals surface area contributed by atoms with Crippen LogP contribution in [-0.4, -0.2) is 19.0 Å². The van der Waals surface area contributed by atoms with Crippen LogP contribution in [0.1, 0.15) is 37.8 Å². The molecule has 1 amide bonds. The Kier molecular flexibility index (Phi) is 5.40. The van der Waals surface area contributed by atoms with Crippen LogP contribution in [-0.2, 0) is 4.79 Å². The number of nitrogens with one attached hydrogen (secondary N) is 2. The molecule has 0 radical (unpaired) electrons. The van der Waals surface area contributed by atoms with Crippen molar-refractivity contribution in [2.75, 3.05) is 13.1 Å². The number of hydrogen-bond donors (Lipinski definition) is 2. The van der Waals surface area contributed by atoms with E-state index in [1.807, 2.05) is 12.1 Å². The molecule has 104 valence electrons. The van der Waals surface area contributed by atoms with Crippen molar-refractivity contribution in [1.82, 2.24) is 10.6 Å². The summed E-state index contributed by atoms with van der Waals surface area (Å²) >= 11 is 3.43. The summed E-state index contributed by atoms with van der Waals surface area (Å²) in [6, 6.07) is 8.29. The van der Waals surface area contributed by atoms with Crippen LogP contribution in [0.5, 0.6) is 0 Å². The first-order valence-electron chi connectivity index (χ1n) is 6.97. The Morgan fingerprint density at radius 2 is 2.21 bits per heavy atom. The number of benzene rings is 1. The van der Waals surface area contributed by atoms with E-state index in [2.05, 4.69) is 45.6 Å². The normalized spacial score (nSPS) is 20.8. The largest absolute Gasteiger partial charge is 0.349 e. The van der Waals surface area contributed by atoms with Crippen LogP contribution < -0.4 is 10.6 Å². The molecule has 3 nitrogen and oxygen atoms in total. The van der Waals surface area contributed by atoms with Gasteiger partial charge in [-0.25, -0.2) is 0 Å². The summed E-state index contributed by atoms with van der Waals surface area (Å²) in [5.41, 5.74) is 1.17. The fraction of sp³-hybridized carbons (Fsp3) is 0.533. The predicted molar refractivity (Wildman–Crippen MR) is 80.9 cm³/mol. The molecule has 0 saturated carbocycles. The maximum Gasteiger partial charge on any atom is 0.224 e. The summed E-state index contributed by atoms with van der Waals surface area (Å²) in [5.74, 6) is 0.306. The summed E-state index contributed by atoms with van der Waals surface area (Å²) in [7, 11) is 0. The molecule has 1 aliphatic heterocycles. The van der Waals surface area contributed by atoms with Crippen LogP contribution >= 0.6 is 15.9 Å². The fourth-order valence-corrected chi connectivity index (χ4v) is 2.75. The van der Waals surface area contributed by atoms with E-state index in [0.717, 1.165) is 36.8 Å². The minimum atomic E-state index is 0.113. The van der Waals surface area contributed by atoms with Gasteiger partial charge in [0.15, 0.2) is 0 Å². The zero-order valence-corrected chi connectivity index (χ0v) is 12.9. The lowest BCUT2D eigenvalue weighted by Gasteiger charge is -2.25. The molecule has 0 bridgehead atoms. The average molecular weight is 325 g/mol. The Balaban J connectivity index is 1.98. The van der Waals surface area contributed by atoms with Gasteiger partial charge in [0.2, 0.25) is 5.91 Å². The molecule has 1 aliphatic rings. The first kappa shape index (κ1) is 14.5. The van der Waals surface area contributed by atoms with Gasteiger partial charge in [0.1, 0.15) is 0 Å². The van der Waals surface area contributed by atoms with Gasteiger partial charge in [-0.05, 0) is 43.5 Å². The second-order valence-electron chi connectivity index (χ2n) is 5.06. The number of halogens is 1. The fourth-order valence-electron chi connectivity index (χ4n) is 2.48. The Bertz CT molecular complexity index is 413. The van der Waals surface area contributed by atoms with E-state index in [-0.39, 0.29) is 17.9 Å². The summed E-state index contributed by atoms with van der Waals surface area (Å²) in [4.78, 5) is 12.2. The summed E-state index contributed by atoms with van der Waals surface area (Å²) < 4.78 is 1.06. The molecule has 0 spiro atoms. The summed E-state index contributed by atoms with van der Waals surface area (Å²) in [5, 5.41) is 6.47. The molecular formula is C15H21BrN2O. The van der Waals surface area contributed by atoms with E-state index in [4.69, 9.17) is 0 Å². The highest BCUT2D eigenvalue weighted by Crippen LogP contribution is 2.20. The minimum Gasteiger partial charge on any atom is -0.349 e. The van der Waals surface area contributed by atoms with Crippen LogP contribution in [0.25, 0.3) is 0 Å². The highest BCUT2D eigenvalue weighted by atomic mass is 79.9. The maximum atomic E-state index is 12.2. The Labute approximate surface area is 123 Å². The van der Waals surface area contributed by atoms with Gasteiger partial charge in [-0.3, -0.25) is 4.79 Å². The highest BCUT2D eigenvalue weighted by Gasteiger charge is 2.23. The Morgan fingerprint density at radius 1 is 1.47 bits per heavy atom. The van der Waals surface area contributed by atoms with Gasteiger partial charge in [0.25, 0.3) is 0 Å². The third kappa shape index (κ3) is 4.05. The molecule has 2 unspecified atom stereocenters. The van der Waals surface area contributed by atoms with Gasteiger partial charge in [-0.2, -0.15) is 0 Å². The SMILES string of the molecule is CCC(NC(=O)C1CCCNC1)c1ccc(Br)cc1. The molecule has 1 aromatic rings. The van der Waals surface area contributed by atoms with Gasteiger partial charge in [0, 0.05) is 11.0 Å². The van der Waals surface area contributed by atoms with Gasteiger partial charge in [-0.15, -0.1) is 0 Å². The molecular weight excluding hydrogens is 304 g/mol. The number of hydrogen-bond acceptors (Lipinski definition) is 2. The molecule has 1 saturated heterocycles. The lowest BCUT2D eigenvalue weighted by Crippen LogP contribution is -2.41. The maximum absolute atomic E-state index is 12.2. The Hall–Kier alpha value is -0.870. The summed E-state index contributed by atoms with van der Waals surface area (Å²) in [6.07, 6.45) is 3.00. The molecule has 2 atom stereocenters. The molecule has 4 heteroatoms. The molecule has 19 heavy (non-hydrogen) atoms. The van der Waals surface area contributed by atoms with Crippen molar-refractivity contribution in [3.8, 4) is 0 Å². The molecule has 1 heterocycles. The standard InChI is InChI=1S/C15H21BrN2O/c1-2-14(11-5-7-13(16)8-6-11)18-15(19)12-4-3-9-17-10-12/h5-8,12,14,17H,2-4,9-10H2,1H3,(H,18,19). The second-order valence-corrected chi connectivity index (χ2v) is 5.98. The minimum absolute atomic E-state index is 0.113. The van der Waals surface area contributed by atoms with Crippen LogP contribution in [0.15, 0.2) is 28.7 Å². The van der Waals surface area contributed by atoms with Crippen molar-refractivity contribution in [3.05, 3.63) is 34.3 Å². The highest BCUT2D eigenvalue weighted by molar-refractivity contribution is 9.10. The average Bonchev–Trinajstić information content (AvgIpc) is 2.46. The molecule has 1 aromatic carbocycles. The predicted octanol–water partition coefficient (Wildman–Crippen LogP) is 3.02. The van der Waals surface area contributed by atoms with Crippen LogP contribution in [0, 0.1) is 5.92 Å². The number of carbonyl (C=O) groups is 1. The molecule has 0 aromatic heterocycles. The first-order chi connectivity index (χ1) is 9.20. The van der Waals surface area contributed by atoms with Gasteiger partial charge >= 0.3 is 0 Å². The van der Waals surface area contributed by atoms with Gasteiger partial charge in [0.05, 0.1) is 12.0 Å². The molecule has 2 rings (SSSR count). The topological polar surface area (TPSA) is 41.1 Å². The zero-order valence-electron chi connectivity index (χ0n) is 11.3. The van der Waals surface area contributed by atoms with Crippen LogP contribution in [0.2, 0.25) is 0 Å². The van der Waals surface area contributed by atoms with Gasteiger partial charge < -0.3 is 10.6 Å². The first-order valence-corrected chi connectivity index (χ1v) is 7.76. The van der Waals surface area contributed by atoms with E-state index in [0.29, 0.717) is 0 Å². The lowest BCUT2D eigenvalue weighted by molar-refractivity contribution is -0.126. The van der Waals surface area contributed by atoms with E-state index in [1.54, 1.807) is 0 Å². The number of piperidine rings is 1. The molecule has 1 fully saturated rings. The molecule has 2 N–H and O–H groups in total. The van der Waals surface area contributed by atoms with Crippen molar-refractivity contribution in [3.63, 3.8) is 0 Å². The second kappa shape index (κ2) is 7.06. The third-order valence-corrected chi connectivity index (χ3v) is 4.19. The van der Waals surface area contributed by atoms with Crippen molar-refractivity contribution < 1.29 is 4.79 Å². The number of carbonyl (C=O) groups excluding carboxylic acids is 1. The van der Waals surface area contributed by atoms with Crippen molar-refractivity contribution in [1.29, 1.82) is 0 Å². The lowest BCUT2D eigenvalue weighted by atomic mass is 9.97. The van der Waals surface area contributed by atoms with Crippen molar-refractivity contribution >= 4 is 21.8 Å². The van der Waals surface area contributed by atoms with Crippen LogP contribution in [0.3, 0.4) is 0 Å². The van der Waals surface area contributed by atoms with E-state index >= 15 is 0 Å². The van der Waals surface area contributed by atoms with Crippen molar-refractivity contribution in [2.24, 2.45) is 5.92 Å². The number of rotatable bonds is 4. The van der Waals surface area contributed by atoms with Crippen molar-refractivity contribution in [2.45, 2.75) is 32.2 Å². The molecule has 0 aliphatic carbocycles. The zero-order chi connectivity index (χ0) is 13.7. The Morgan fingerprint density at radius 3 is 2.79 bits per heavy atom. The number of amides is 1. The smallest absolute Gasteiger partial charge is 0.224 e. The monoisotopic (exact) mass is 324 g/mol. The van der Waals surface area contributed by atoms with Crippen LogP contribution in [0.4, 0.5) is 0 Å². The third-order valence-electron chi connectivity index (χ3n) is 3.66. The summed E-state index contributed by atoms with van der Waals surface area (Å²) in [6.45, 7) is 3.95. The van der Waals surface area contributed by atoms with E-state index < -0.39 is 0 Å². The quantitative estimate of drug-likeness (QED) is 0.893. The van der Waals surface area contributed by atoms with E-state index in [9.17, 15) is 4.79 Å².